The second kappa shape index (κ2) is 9.30. The minimum absolute atomic E-state index is 0.128. The molecule has 0 aliphatic carbocycles. The van der Waals surface area contributed by atoms with Crippen LogP contribution in [0, 0.1) is 5.82 Å². The quantitative estimate of drug-likeness (QED) is 0.498. The first-order chi connectivity index (χ1) is 13.9. The lowest BCUT2D eigenvalue weighted by atomic mass is 10.2. The van der Waals surface area contributed by atoms with Crippen molar-refractivity contribution in [2.24, 2.45) is 0 Å². The van der Waals surface area contributed by atoms with Gasteiger partial charge in [0.1, 0.15) is 10.8 Å². The number of anilines is 2. The van der Waals surface area contributed by atoms with Gasteiger partial charge in [-0.3, -0.25) is 4.68 Å². The molecule has 0 saturated heterocycles. The summed E-state index contributed by atoms with van der Waals surface area (Å²) in [5, 5.41) is 11.2. The Labute approximate surface area is 182 Å². The molecule has 1 aromatic heterocycles. The molecule has 1 heterocycles. The van der Waals surface area contributed by atoms with Gasteiger partial charge in [0.2, 0.25) is 0 Å². The minimum atomic E-state index is -0.413. The average molecular weight is 455 g/mol. The summed E-state index contributed by atoms with van der Waals surface area (Å²) in [4.78, 5) is 0. The number of halogens is 3. The first-order valence-electron chi connectivity index (χ1n) is 8.37. The summed E-state index contributed by atoms with van der Waals surface area (Å²) in [6.07, 6.45) is 1.56. The third kappa shape index (κ3) is 5.09. The standard InChI is InChI=1S/C19H17Cl2FN4O2S/c1-27-16-7-6-11(8-17(16)28-2)23-19(29)24-18-14(21)10-26(25-18)9-12-13(20)4-3-5-15(12)22/h3-8,10H,9H2,1-2H3,(H2,23,24,25,29). The van der Waals surface area contributed by atoms with E-state index in [1.54, 1.807) is 50.7 Å². The van der Waals surface area contributed by atoms with Crippen LogP contribution < -0.4 is 20.1 Å². The summed E-state index contributed by atoms with van der Waals surface area (Å²) in [6, 6.07) is 9.79. The predicted molar refractivity (Wildman–Crippen MR) is 117 cm³/mol. The summed E-state index contributed by atoms with van der Waals surface area (Å²) in [5.74, 6) is 1.08. The van der Waals surface area contributed by atoms with Gasteiger partial charge in [0, 0.05) is 28.5 Å². The molecular formula is C19H17Cl2FN4O2S. The molecule has 0 amide bonds. The summed E-state index contributed by atoms with van der Waals surface area (Å²) in [7, 11) is 3.11. The van der Waals surface area contributed by atoms with Crippen LogP contribution in [-0.2, 0) is 6.54 Å². The molecule has 0 saturated carbocycles. The molecule has 152 valence electrons. The van der Waals surface area contributed by atoms with Crippen molar-refractivity contribution in [2.75, 3.05) is 24.9 Å². The van der Waals surface area contributed by atoms with Crippen molar-refractivity contribution < 1.29 is 13.9 Å². The Kier molecular flexibility index (Phi) is 6.79. The zero-order valence-electron chi connectivity index (χ0n) is 15.5. The number of hydrogen-bond acceptors (Lipinski definition) is 4. The number of rotatable bonds is 6. The van der Waals surface area contributed by atoms with E-state index in [-0.39, 0.29) is 11.7 Å². The molecule has 0 unspecified atom stereocenters. The number of methoxy groups -OCH3 is 2. The maximum Gasteiger partial charge on any atom is 0.176 e. The SMILES string of the molecule is COc1ccc(NC(=S)Nc2nn(Cc3c(F)cccc3Cl)cc2Cl)cc1OC. The molecule has 0 fully saturated rings. The third-order valence-electron chi connectivity index (χ3n) is 3.97. The van der Waals surface area contributed by atoms with Crippen molar-refractivity contribution in [1.82, 2.24) is 9.78 Å². The zero-order chi connectivity index (χ0) is 21.0. The average Bonchev–Trinajstić information content (AvgIpc) is 3.03. The highest BCUT2D eigenvalue weighted by Gasteiger charge is 2.13. The van der Waals surface area contributed by atoms with Gasteiger partial charge in [-0.05, 0) is 36.5 Å². The van der Waals surface area contributed by atoms with Gasteiger partial charge in [-0.25, -0.2) is 4.39 Å². The van der Waals surface area contributed by atoms with Crippen molar-refractivity contribution in [1.29, 1.82) is 0 Å². The van der Waals surface area contributed by atoms with Crippen LogP contribution in [0.4, 0.5) is 15.9 Å². The van der Waals surface area contributed by atoms with E-state index >= 15 is 0 Å². The third-order valence-corrected chi connectivity index (χ3v) is 4.81. The number of thiocarbonyl (C=S) groups is 1. The van der Waals surface area contributed by atoms with Crippen molar-refractivity contribution in [3.63, 3.8) is 0 Å². The maximum absolute atomic E-state index is 14.0. The first kappa shape index (κ1) is 21.2. The first-order valence-corrected chi connectivity index (χ1v) is 9.53. The largest absolute Gasteiger partial charge is 0.493 e. The normalized spacial score (nSPS) is 10.5. The fourth-order valence-electron chi connectivity index (χ4n) is 2.59. The van der Waals surface area contributed by atoms with E-state index in [2.05, 4.69) is 15.7 Å². The maximum atomic E-state index is 14.0. The highest BCUT2D eigenvalue weighted by Crippen LogP contribution is 2.30. The summed E-state index contributed by atoms with van der Waals surface area (Å²) >= 11 is 17.6. The van der Waals surface area contributed by atoms with Gasteiger partial charge in [0.15, 0.2) is 22.4 Å². The van der Waals surface area contributed by atoms with Crippen LogP contribution in [0.1, 0.15) is 5.56 Å². The van der Waals surface area contributed by atoms with E-state index in [1.165, 1.54) is 10.7 Å². The van der Waals surface area contributed by atoms with E-state index in [0.717, 1.165) is 0 Å². The highest BCUT2D eigenvalue weighted by molar-refractivity contribution is 7.80. The molecule has 10 heteroatoms. The number of nitrogens with zero attached hydrogens (tertiary/aromatic N) is 2. The Morgan fingerprint density at radius 1 is 1.10 bits per heavy atom. The Morgan fingerprint density at radius 3 is 2.55 bits per heavy atom. The Bertz CT molecular complexity index is 1020. The van der Waals surface area contributed by atoms with Gasteiger partial charge in [-0.1, -0.05) is 29.3 Å². The topological polar surface area (TPSA) is 60.3 Å². The summed E-state index contributed by atoms with van der Waals surface area (Å²) < 4.78 is 25.9. The fraction of sp³-hybridized carbons (Fsp3) is 0.158. The Morgan fingerprint density at radius 2 is 1.86 bits per heavy atom. The summed E-state index contributed by atoms with van der Waals surface area (Å²) in [6.45, 7) is 0.128. The van der Waals surface area contributed by atoms with E-state index in [1.807, 2.05) is 0 Å². The molecule has 3 aromatic rings. The smallest absolute Gasteiger partial charge is 0.176 e. The lowest BCUT2D eigenvalue weighted by Crippen LogP contribution is -2.19. The monoisotopic (exact) mass is 454 g/mol. The Hall–Kier alpha value is -2.55. The van der Waals surface area contributed by atoms with Crippen LogP contribution in [0.3, 0.4) is 0 Å². The van der Waals surface area contributed by atoms with E-state index in [0.29, 0.717) is 38.6 Å². The van der Waals surface area contributed by atoms with Crippen LogP contribution in [0.5, 0.6) is 11.5 Å². The molecule has 0 atom stereocenters. The number of hydrogen-bond donors (Lipinski definition) is 2. The van der Waals surface area contributed by atoms with Gasteiger partial charge < -0.3 is 20.1 Å². The second-order valence-electron chi connectivity index (χ2n) is 5.87. The molecular weight excluding hydrogens is 438 g/mol. The molecule has 0 aliphatic rings. The minimum Gasteiger partial charge on any atom is -0.493 e. The van der Waals surface area contributed by atoms with Crippen LogP contribution in [0.25, 0.3) is 0 Å². The molecule has 0 radical (unpaired) electrons. The van der Waals surface area contributed by atoms with Crippen LogP contribution >= 0.6 is 35.4 Å². The number of benzene rings is 2. The van der Waals surface area contributed by atoms with Crippen LogP contribution in [-0.4, -0.2) is 29.1 Å². The molecule has 29 heavy (non-hydrogen) atoms. The van der Waals surface area contributed by atoms with Crippen LogP contribution in [0.15, 0.2) is 42.6 Å². The van der Waals surface area contributed by atoms with Gasteiger partial charge in [-0.2, -0.15) is 5.10 Å². The molecule has 0 aliphatic heterocycles. The molecule has 2 N–H and O–H groups in total. The highest BCUT2D eigenvalue weighted by atomic mass is 35.5. The lowest BCUT2D eigenvalue weighted by molar-refractivity contribution is 0.355. The number of nitrogens with one attached hydrogen (secondary N) is 2. The van der Waals surface area contributed by atoms with E-state index in [4.69, 9.17) is 44.9 Å². The van der Waals surface area contributed by atoms with E-state index < -0.39 is 5.82 Å². The number of ether oxygens (including phenoxy) is 2. The zero-order valence-corrected chi connectivity index (χ0v) is 17.8. The van der Waals surface area contributed by atoms with E-state index in [9.17, 15) is 4.39 Å². The summed E-state index contributed by atoms with van der Waals surface area (Å²) in [5.41, 5.74) is 1.01. The second-order valence-corrected chi connectivity index (χ2v) is 7.09. The van der Waals surface area contributed by atoms with Crippen molar-refractivity contribution in [3.05, 3.63) is 64.0 Å². The molecule has 3 rings (SSSR count). The molecule has 6 nitrogen and oxygen atoms in total. The Balaban J connectivity index is 1.70. The fourth-order valence-corrected chi connectivity index (χ4v) is 3.23. The molecule has 2 aromatic carbocycles. The number of aromatic nitrogens is 2. The lowest BCUT2D eigenvalue weighted by Gasteiger charge is -2.12. The predicted octanol–water partition coefficient (Wildman–Crippen LogP) is 5.20. The molecule has 0 spiro atoms. The van der Waals surface area contributed by atoms with Crippen molar-refractivity contribution in [3.8, 4) is 11.5 Å². The van der Waals surface area contributed by atoms with Crippen molar-refractivity contribution in [2.45, 2.75) is 6.54 Å². The van der Waals surface area contributed by atoms with Crippen molar-refractivity contribution >= 4 is 52.0 Å². The molecule has 0 bridgehead atoms. The van der Waals surface area contributed by atoms with Gasteiger partial charge in [0.05, 0.1) is 20.8 Å². The van der Waals surface area contributed by atoms with Gasteiger partial charge in [0.25, 0.3) is 0 Å². The van der Waals surface area contributed by atoms with Gasteiger partial charge in [-0.15, -0.1) is 0 Å². The van der Waals surface area contributed by atoms with Crippen LogP contribution in [0.2, 0.25) is 10.0 Å². The van der Waals surface area contributed by atoms with Gasteiger partial charge >= 0.3 is 0 Å².